The van der Waals surface area contributed by atoms with E-state index in [1.165, 1.54) is 27.2 Å². The number of imide groups is 1. The fourth-order valence-corrected chi connectivity index (χ4v) is 4.32. The molecule has 0 aromatic heterocycles. The lowest BCUT2D eigenvalue weighted by molar-refractivity contribution is -0.132. The number of hydrogen-bond acceptors (Lipinski definition) is 9. The second-order valence-corrected chi connectivity index (χ2v) is 8.31. The number of hydrogen-bond donors (Lipinski definition) is 0. The first-order chi connectivity index (χ1) is 15.8. The first kappa shape index (κ1) is 22.8. The highest BCUT2D eigenvalue weighted by atomic mass is 35.5. The maximum atomic E-state index is 13.0. The Bertz CT molecular complexity index is 1170. The Kier molecular flexibility index (Phi) is 6.39. The molecule has 0 aliphatic carbocycles. The normalized spacial score (nSPS) is 15.9. The van der Waals surface area contributed by atoms with Gasteiger partial charge in [0.25, 0.3) is 11.1 Å². The van der Waals surface area contributed by atoms with E-state index in [9.17, 15) is 14.4 Å². The number of carbonyl (C=O) groups is 3. The van der Waals surface area contributed by atoms with Crippen molar-refractivity contribution in [3.8, 4) is 28.7 Å². The molecule has 2 heterocycles. The molecule has 2 aliphatic rings. The van der Waals surface area contributed by atoms with Gasteiger partial charge in [-0.1, -0.05) is 11.6 Å². The van der Waals surface area contributed by atoms with Crippen LogP contribution in [0.15, 0.2) is 29.2 Å². The summed E-state index contributed by atoms with van der Waals surface area (Å²) in [6, 6.07) is 6.39. The minimum absolute atomic E-state index is 0.0183. The molecule has 2 aromatic carbocycles. The molecule has 0 N–H and O–H groups in total. The number of amides is 2. The Morgan fingerprint density at radius 3 is 2.36 bits per heavy atom. The van der Waals surface area contributed by atoms with Crippen LogP contribution >= 0.6 is 23.4 Å². The Morgan fingerprint density at radius 1 is 1.12 bits per heavy atom. The Balaban J connectivity index is 1.61. The molecule has 0 saturated carbocycles. The van der Waals surface area contributed by atoms with Gasteiger partial charge in [-0.25, -0.2) is 0 Å². The molecular formula is C22H18ClNO8S. The lowest BCUT2D eigenvalue weighted by Crippen LogP contribution is -2.27. The quantitative estimate of drug-likeness (QED) is 0.333. The van der Waals surface area contributed by atoms with Crippen molar-refractivity contribution in [2.75, 3.05) is 21.0 Å². The van der Waals surface area contributed by atoms with Crippen molar-refractivity contribution in [2.24, 2.45) is 0 Å². The van der Waals surface area contributed by atoms with Crippen molar-refractivity contribution >= 4 is 46.6 Å². The minimum Gasteiger partial charge on any atom is -0.493 e. The zero-order chi connectivity index (χ0) is 23.7. The van der Waals surface area contributed by atoms with Gasteiger partial charge in [-0.3, -0.25) is 19.3 Å². The third-order valence-electron chi connectivity index (χ3n) is 4.77. The molecule has 2 amide bonds. The van der Waals surface area contributed by atoms with Gasteiger partial charge in [-0.15, -0.1) is 0 Å². The van der Waals surface area contributed by atoms with Crippen LogP contribution in [0.3, 0.4) is 0 Å². The molecule has 0 spiro atoms. The number of rotatable bonds is 6. The summed E-state index contributed by atoms with van der Waals surface area (Å²) in [5, 5.41) is -0.0757. The van der Waals surface area contributed by atoms with Crippen LogP contribution in [0.5, 0.6) is 28.7 Å². The summed E-state index contributed by atoms with van der Waals surface area (Å²) in [5.41, 5.74) is 1.07. The number of methoxy groups -OCH3 is 2. The number of ether oxygens (including phenoxy) is 5. The number of nitrogens with zero attached hydrogens (tertiary/aromatic N) is 1. The van der Waals surface area contributed by atoms with Gasteiger partial charge < -0.3 is 23.7 Å². The van der Waals surface area contributed by atoms with Crippen LogP contribution in [-0.2, 0) is 16.1 Å². The van der Waals surface area contributed by atoms with Crippen LogP contribution in [0, 0.1) is 0 Å². The standard InChI is InChI=1S/C22H18ClNO8S/c1-11(25)32-20-17(28-2)4-12(5-18(20)29-3)6-19-21(26)24(22(27)33-19)9-13-7-15-16(8-14(13)23)31-10-30-15/h4-8H,9-10H2,1-3H3/b19-6-. The SMILES string of the molecule is COc1cc(/C=C2\SC(=O)N(Cc3cc4c(cc3Cl)OCO4)C2=O)cc(OC)c1OC(C)=O. The van der Waals surface area contributed by atoms with Crippen molar-refractivity contribution < 1.29 is 38.1 Å². The van der Waals surface area contributed by atoms with Crippen molar-refractivity contribution in [3.05, 3.63) is 45.3 Å². The molecule has 0 bridgehead atoms. The van der Waals surface area contributed by atoms with Crippen molar-refractivity contribution in [1.82, 2.24) is 4.90 Å². The molecule has 9 nitrogen and oxygen atoms in total. The molecule has 1 saturated heterocycles. The number of esters is 1. The highest BCUT2D eigenvalue weighted by Gasteiger charge is 2.36. The van der Waals surface area contributed by atoms with Gasteiger partial charge >= 0.3 is 5.97 Å². The van der Waals surface area contributed by atoms with Crippen molar-refractivity contribution in [2.45, 2.75) is 13.5 Å². The number of fused-ring (bicyclic) bond motifs is 1. The predicted octanol–water partition coefficient (Wildman–Crippen LogP) is 4.25. The van der Waals surface area contributed by atoms with E-state index in [2.05, 4.69) is 0 Å². The molecule has 33 heavy (non-hydrogen) atoms. The number of benzene rings is 2. The fourth-order valence-electron chi connectivity index (χ4n) is 3.27. The average Bonchev–Trinajstić information content (AvgIpc) is 3.33. The van der Waals surface area contributed by atoms with E-state index in [-0.39, 0.29) is 35.5 Å². The third-order valence-corrected chi connectivity index (χ3v) is 6.03. The summed E-state index contributed by atoms with van der Waals surface area (Å²) in [6.45, 7) is 1.33. The highest BCUT2D eigenvalue weighted by Crippen LogP contribution is 2.42. The first-order valence-electron chi connectivity index (χ1n) is 9.58. The molecule has 0 radical (unpaired) electrons. The molecule has 11 heteroatoms. The lowest BCUT2D eigenvalue weighted by Gasteiger charge is -2.14. The minimum atomic E-state index is -0.539. The van der Waals surface area contributed by atoms with E-state index in [0.717, 1.165) is 16.7 Å². The van der Waals surface area contributed by atoms with E-state index >= 15 is 0 Å². The Labute approximate surface area is 198 Å². The summed E-state index contributed by atoms with van der Waals surface area (Å²) < 4.78 is 26.4. The van der Waals surface area contributed by atoms with E-state index < -0.39 is 17.1 Å². The summed E-state index contributed by atoms with van der Waals surface area (Å²) in [4.78, 5) is 38.3. The van der Waals surface area contributed by atoms with Gasteiger partial charge in [-0.05, 0) is 47.2 Å². The smallest absolute Gasteiger partial charge is 0.308 e. The zero-order valence-electron chi connectivity index (χ0n) is 17.8. The van der Waals surface area contributed by atoms with Crippen LogP contribution in [-0.4, -0.2) is 43.0 Å². The third kappa shape index (κ3) is 4.57. The second-order valence-electron chi connectivity index (χ2n) is 6.91. The Hall–Kier alpha value is -3.37. The molecule has 1 fully saturated rings. The van der Waals surface area contributed by atoms with Crippen LogP contribution in [0.25, 0.3) is 6.08 Å². The van der Waals surface area contributed by atoms with Crippen LogP contribution < -0.4 is 23.7 Å². The second kappa shape index (κ2) is 9.24. The fraction of sp³-hybridized carbons (Fsp3) is 0.227. The van der Waals surface area contributed by atoms with Crippen molar-refractivity contribution in [3.63, 3.8) is 0 Å². The van der Waals surface area contributed by atoms with Crippen LogP contribution in [0.1, 0.15) is 18.1 Å². The van der Waals surface area contributed by atoms with E-state index in [1.807, 2.05) is 0 Å². The van der Waals surface area contributed by atoms with E-state index in [1.54, 1.807) is 24.3 Å². The lowest BCUT2D eigenvalue weighted by atomic mass is 10.1. The maximum Gasteiger partial charge on any atom is 0.308 e. The average molecular weight is 492 g/mol. The van der Waals surface area contributed by atoms with Crippen molar-refractivity contribution in [1.29, 1.82) is 0 Å². The van der Waals surface area contributed by atoms with Crippen LogP contribution in [0.4, 0.5) is 4.79 Å². The van der Waals surface area contributed by atoms with Gasteiger partial charge in [0.1, 0.15) is 0 Å². The molecule has 2 aliphatic heterocycles. The molecule has 4 rings (SSSR count). The number of thioether (sulfide) groups is 1. The number of carbonyl (C=O) groups excluding carboxylic acids is 3. The first-order valence-corrected chi connectivity index (χ1v) is 10.8. The number of halogens is 1. The van der Waals surface area contributed by atoms with Gasteiger partial charge in [-0.2, -0.15) is 0 Å². The summed E-state index contributed by atoms with van der Waals surface area (Å²) in [5.74, 6) is 0.602. The molecule has 172 valence electrons. The van der Waals surface area contributed by atoms with Gasteiger partial charge in [0.05, 0.1) is 25.7 Å². The molecule has 0 unspecified atom stereocenters. The van der Waals surface area contributed by atoms with E-state index in [0.29, 0.717) is 27.6 Å². The summed E-state index contributed by atoms with van der Waals surface area (Å²) >= 11 is 7.10. The summed E-state index contributed by atoms with van der Waals surface area (Å²) in [6.07, 6.45) is 1.54. The highest BCUT2D eigenvalue weighted by molar-refractivity contribution is 8.18. The molecular weight excluding hydrogens is 474 g/mol. The van der Waals surface area contributed by atoms with Gasteiger partial charge in [0.15, 0.2) is 23.0 Å². The molecule has 0 atom stereocenters. The Morgan fingerprint density at radius 2 is 1.76 bits per heavy atom. The zero-order valence-corrected chi connectivity index (χ0v) is 19.4. The van der Waals surface area contributed by atoms with Gasteiger partial charge in [0, 0.05) is 18.0 Å². The largest absolute Gasteiger partial charge is 0.493 e. The maximum absolute atomic E-state index is 13.0. The van der Waals surface area contributed by atoms with Crippen LogP contribution in [0.2, 0.25) is 5.02 Å². The predicted molar refractivity (Wildman–Crippen MR) is 120 cm³/mol. The topological polar surface area (TPSA) is 101 Å². The van der Waals surface area contributed by atoms with E-state index in [4.69, 9.17) is 35.3 Å². The molecule has 2 aromatic rings. The summed E-state index contributed by atoms with van der Waals surface area (Å²) in [7, 11) is 2.82. The van der Waals surface area contributed by atoms with Gasteiger partial charge in [0.2, 0.25) is 12.5 Å². The monoisotopic (exact) mass is 491 g/mol.